The van der Waals surface area contributed by atoms with Crippen molar-refractivity contribution in [3.63, 3.8) is 0 Å². The maximum atomic E-state index is 15.0. The highest BCUT2D eigenvalue weighted by atomic mass is 35.5. The summed E-state index contributed by atoms with van der Waals surface area (Å²) in [6.07, 6.45) is 2.49. The second-order valence-electron chi connectivity index (χ2n) is 12.0. The van der Waals surface area contributed by atoms with Crippen LogP contribution in [0.15, 0.2) is 67.0 Å². The highest BCUT2D eigenvalue weighted by Crippen LogP contribution is 2.36. The summed E-state index contributed by atoms with van der Waals surface area (Å²) >= 11 is 13.9. The van der Waals surface area contributed by atoms with Crippen LogP contribution in [0.1, 0.15) is 44.6 Å². The Bertz CT molecular complexity index is 1870. The predicted molar refractivity (Wildman–Crippen MR) is 192 cm³/mol. The van der Waals surface area contributed by atoms with Gasteiger partial charge in [0.2, 0.25) is 0 Å². The van der Waals surface area contributed by atoms with Crippen molar-refractivity contribution < 1.29 is 47.6 Å². The van der Waals surface area contributed by atoms with Crippen molar-refractivity contribution >= 4 is 58.8 Å². The second-order valence-corrected chi connectivity index (χ2v) is 14.0. The van der Waals surface area contributed by atoms with Crippen LogP contribution in [0.4, 0.5) is 14.9 Å². The van der Waals surface area contributed by atoms with Gasteiger partial charge < -0.3 is 29.3 Å². The first-order chi connectivity index (χ1) is 25.0. The molecule has 4 aromatic rings. The van der Waals surface area contributed by atoms with Crippen LogP contribution in [0.25, 0.3) is 0 Å². The average Bonchev–Trinajstić information content (AvgIpc) is 3.61. The molecule has 3 aliphatic rings. The van der Waals surface area contributed by atoms with Crippen molar-refractivity contribution in [2.75, 3.05) is 38.8 Å². The summed E-state index contributed by atoms with van der Waals surface area (Å²) in [5.41, 5.74) is 1.06. The molecule has 2 atom stereocenters. The fourth-order valence-corrected chi connectivity index (χ4v) is 7.74. The number of methoxy groups -OCH3 is 2. The zero-order valence-electron chi connectivity index (χ0n) is 28.2. The number of pyridine rings is 1. The predicted octanol–water partition coefficient (Wildman–Crippen LogP) is 6.92. The Hall–Kier alpha value is -4.63. The average molecular weight is 777 g/mol. The SMILES string of the molecule is COc1ccc([C@H](Cc2c(Cl)c[n+]([O-])cc2Cl)OC(=O)c2ccc(CN(C(=O)O[C@@H]3CN4CCC3CC4)c3ccccc3F)s2)cc1OC.O=CO. The summed E-state index contributed by atoms with van der Waals surface area (Å²) in [4.78, 5) is 40.0. The zero-order chi connectivity index (χ0) is 37.4. The molecular weight excluding hydrogens is 740 g/mol. The summed E-state index contributed by atoms with van der Waals surface area (Å²) in [5.74, 6) is -0.0392. The number of hydrogen-bond donors (Lipinski definition) is 1. The van der Waals surface area contributed by atoms with Gasteiger partial charge in [0.15, 0.2) is 23.9 Å². The molecule has 16 heteroatoms. The minimum absolute atomic E-state index is 0.0254. The number of ether oxygens (including phenoxy) is 4. The number of benzene rings is 2. The molecule has 2 aromatic heterocycles. The van der Waals surface area contributed by atoms with Gasteiger partial charge in [-0.05, 0) is 73.8 Å². The fourth-order valence-electron chi connectivity index (χ4n) is 6.26. The van der Waals surface area contributed by atoms with E-state index in [4.69, 9.17) is 52.1 Å². The van der Waals surface area contributed by atoms with Gasteiger partial charge in [-0.15, -0.1) is 11.3 Å². The maximum Gasteiger partial charge on any atom is 0.415 e. The molecule has 52 heavy (non-hydrogen) atoms. The van der Waals surface area contributed by atoms with Crippen LogP contribution in [0.2, 0.25) is 10.0 Å². The van der Waals surface area contributed by atoms with E-state index in [1.807, 2.05) is 0 Å². The number of nitrogens with zero attached hydrogens (tertiary/aromatic N) is 3. The first-order valence-corrected chi connectivity index (χ1v) is 17.7. The van der Waals surface area contributed by atoms with Crippen molar-refractivity contribution in [2.24, 2.45) is 5.92 Å². The molecule has 2 aromatic carbocycles. The summed E-state index contributed by atoms with van der Waals surface area (Å²) in [6.45, 7) is 2.36. The number of anilines is 1. The van der Waals surface area contributed by atoms with Crippen LogP contribution in [0, 0.1) is 16.9 Å². The molecule has 3 aliphatic heterocycles. The van der Waals surface area contributed by atoms with Crippen LogP contribution in [0.5, 0.6) is 11.5 Å². The molecule has 0 saturated carbocycles. The Labute approximate surface area is 313 Å². The second kappa shape index (κ2) is 17.7. The number of aromatic nitrogens is 1. The van der Waals surface area contributed by atoms with Crippen molar-refractivity contribution in [1.82, 2.24) is 4.90 Å². The van der Waals surface area contributed by atoms with Crippen molar-refractivity contribution in [3.8, 4) is 11.5 Å². The number of carboxylic acid groups (broad SMARTS) is 1. The first kappa shape index (κ1) is 38.6. The number of para-hydroxylation sites is 1. The molecule has 0 unspecified atom stereocenters. The number of carbonyl (C=O) groups is 3. The number of halogens is 3. The maximum absolute atomic E-state index is 15.0. The number of amides is 1. The number of fused-ring (bicyclic) bond motifs is 3. The molecule has 1 N–H and O–H groups in total. The zero-order valence-corrected chi connectivity index (χ0v) is 30.5. The smallest absolute Gasteiger partial charge is 0.415 e. The number of piperidine rings is 3. The summed E-state index contributed by atoms with van der Waals surface area (Å²) in [6, 6.07) is 14.4. The van der Waals surface area contributed by atoms with Gasteiger partial charge in [0, 0.05) is 23.4 Å². The first-order valence-electron chi connectivity index (χ1n) is 16.2. The van der Waals surface area contributed by atoms with Crippen molar-refractivity contribution in [2.45, 2.75) is 38.0 Å². The van der Waals surface area contributed by atoms with E-state index in [1.54, 1.807) is 42.5 Å². The van der Waals surface area contributed by atoms with Gasteiger partial charge in [0.25, 0.3) is 6.47 Å². The van der Waals surface area contributed by atoms with E-state index >= 15 is 4.39 Å². The lowest BCUT2D eigenvalue weighted by Crippen LogP contribution is -2.53. The molecular formula is C36H36Cl2FN3O9S. The molecule has 0 aliphatic carbocycles. The Balaban J connectivity index is 0.00000168. The molecule has 1 amide bonds. The monoisotopic (exact) mass is 775 g/mol. The van der Waals surface area contributed by atoms with E-state index in [0.29, 0.717) is 38.8 Å². The summed E-state index contributed by atoms with van der Waals surface area (Å²) in [7, 11) is 3.00. The molecule has 12 nitrogen and oxygen atoms in total. The Kier molecular flexibility index (Phi) is 13.2. The number of rotatable bonds is 11. The third kappa shape index (κ3) is 9.23. The van der Waals surface area contributed by atoms with E-state index in [-0.39, 0.29) is 52.1 Å². The van der Waals surface area contributed by atoms with Gasteiger partial charge in [0.05, 0.1) is 26.5 Å². The van der Waals surface area contributed by atoms with E-state index in [0.717, 1.165) is 37.3 Å². The molecule has 0 spiro atoms. The number of hydrogen-bond acceptors (Lipinski definition) is 10. The quantitative estimate of drug-likeness (QED) is 0.0739. The Morgan fingerprint density at radius 3 is 2.37 bits per heavy atom. The van der Waals surface area contributed by atoms with Crippen molar-refractivity contribution in [3.05, 3.63) is 109 Å². The molecule has 2 bridgehead atoms. The van der Waals surface area contributed by atoms with E-state index in [1.165, 1.54) is 43.6 Å². The van der Waals surface area contributed by atoms with E-state index in [2.05, 4.69) is 4.90 Å². The Morgan fingerprint density at radius 2 is 1.75 bits per heavy atom. The van der Waals surface area contributed by atoms with Gasteiger partial charge in [-0.25, -0.2) is 14.0 Å². The van der Waals surface area contributed by atoms with Gasteiger partial charge in [-0.2, -0.15) is 4.73 Å². The lowest BCUT2D eigenvalue weighted by molar-refractivity contribution is -0.605. The Morgan fingerprint density at radius 1 is 1.08 bits per heavy atom. The lowest BCUT2D eigenvalue weighted by atomic mass is 9.86. The largest absolute Gasteiger partial charge is 0.619 e. The van der Waals surface area contributed by atoms with E-state index in [9.17, 15) is 14.8 Å². The van der Waals surface area contributed by atoms with E-state index < -0.39 is 24.0 Å². The number of esters is 1. The van der Waals surface area contributed by atoms with Crippen LogP contribution in [-0.4, -0.2) is 68.5 Å². The van der Waals surface area contributed by atoms with Crippen LogP contribution in [-0.2, 0) is 27.2 Å². The summed E-state index contributed by atoms with van der Waals surface area (Å²) in [5, 5.41) is 19.0. The third-order valence-corrected chi connectivity index (χ3v) is 10.6. The number of carbonyl (C=O) groups excluding carboxylic acids is 2. The highest BCUT2D eigenvalue weighted by Gasteiger charge is 2.38. The van der Waals surface area contributed by atoms with Gasteiger partial charge in [-0.3, -0.25) is 14.6 Å². The van der Waals surface area contributed by atoms with Crippen LogP contribution in [0.3, 0.4) is 0 Å². The third-order valence-electron chi connectivity index (χ3n) is 8.86. The van der Waals surface area contributed by atoms with Crippen molar-refractivity contribution in [1.29, 1.82) is 0 Å². The highest BCUT2D eigenvalue weighted by molar-refractivity contribution is 7.14. The number of thiophene rings is 1. The van der Waals surface area contributed by atoms with Crippen LogP contribution < -0.4 is 19.1 Å². The fraction of sp³-hybridized carbons (Fsp3) is 0.333. The molecule has 7 rings (SSSR count). The van der Waals surface area contributed by atoms with Gasteiger partial charge in [-0.1, -0.05) is 41.4 Å². The molecule has 276 valence electrons. The minimum Gasteiger partial charge on any atom is -0.619 e. The minimum atomic E-state index is -0.901. The molecule has 3 saturated heterocycles. The van der Waals surface area contributed by atoms with Crippen LogP contribution >= 0.6 is 34.5 Å². The van der Waals surface area contributed by atoms with Gasteiger partial charge in [0.1, 0.15) is 32.9 Å². The normalized spacial score (nSPS) is 18.0. The molecule has 5 heterocycles. The molecule has 3 fully saturated rings. The lowest BCUT2D eigenvalue weighted by Gasteiger charge is -2.44. The standard InChI is InChI=1S/C35H34Cl2FN3O7S.CH2O2/c1-45-29-9-7-22(15-31(29)46-2)30(16-24-25(36)18-40(44)19-26(24)37)47-34(42)33-10-8-23(49-33)17-41(28-6-4-3-5-27(28)38)35(43)48-32-20-39-13-11-21(32)12-14-39;2-1-3/h3-10,15,18-19,21,30,32H,11-14,16-17,20H2,1-2H3;1H,(H,2,3)/t30-,32+;/m0./s1. The summed E-state index contributed by atoms with van der Waals surface area (Å²) < 4.78 is 38.4. The van der Waals surface area contributed by atoms with Gasteiger partial charge >= 0.3 is 12.1 Å². The topological polar surface area (TPSA) is 142 Å². The molecule has 0 radical (unpaired) electrons.